The summed E-state index contributed by atoms with van der Waals surface area (Å²) in [6.07, 6.45) is 1.12. The largest absolute Gasteiger partial charge is 0.368 e. The molecule has 0 aromatic heterocycles. The van der Waals surface area contributed by atoms with Gasteiger partial charge in [0.25, 0.3) is 0 Å². The standard InChI is InChI=1S/C22H22ClNO4S/c1-14(25)16-5-7-17(8-6-16)19-11-22-13-24(12-15-3-2-4-18(23)9-15)29(26,27)21(22)10-20(19)28-22/h2-9,19-21H,10-13H2,1H3/t19-,20+,21-,22-/m0/s1. The molecule has 5 rings (SSSR count). The summed E-state index contributed by atoms with van der Waals surface area (Å²) in [7, 11) is -3.42. The van der Waals surface area contributed by atoms with Crippen LogP contribution in [0.25, 0.3) is 0 Å². The monoisotopic (exact) mass is 431 g/mol. The molecule has 0 N–H and O–H groups in total. The first kappa shape index (κ1) is 19.2. The zero-order valence-corrected chi connectivity index (χ0v) is 17.6. The summed E-state index contributed by atoms with van der Waals surface area (Å²) in [6, 6.07) is 15.0. The topological polar surface area (TPSA) is 63.7 Å². The van der Waals surface area contributed by atoms with Gasteiger partial charge in [-0.2, -0.15) is 4.31 Å². The molecule has 29 heavy (non-hydrogen) atoms. The summed E-state index contributed by atoms with van der Waals surface area (Å²) < 4.78 is 34.3. The molecule has 5 nitrogen and oxygen atoms in total. The molecule has 3 aliphatic rings. The second kappa shape index (κ2) is 6.64. The zero-order chi connectivity index (χ0) is 20.4. The lowest BCUT2D eigenvalue weighted by atomic mass is 9.77. The third-order valence-electron chi connectivity index (χ3n) is 6.59. The fourth-order valence-corrected chi connectivity index (χ4v) is 7.73. The number of halogens is 1. The fraction of sp³-hybridized carbons (Fsp3) is 0.409. The molecule has 4 atom stereocenters. The number of carbonyl (C=O) groups is 1. The van der Waals surface area contributed by atoms with Crippen LogP contribution in [0.1, 0.15) is 47.2 Å². The van der Waals surface area contributed by atoms with Crippen molar-refractivity contribution < 1.29 is 17.9 Å². The molecule has 1 spiro atoms. The number of benzene rings is 2. The maximum Gasteiger partial charge on any atom is 0.220 e. The molecule has 152 valence electrons. The zero-order valence-electron chi connectivity index (χ0n) is 16.0. The Hall–Kier alpha value is -1.73. The highest BCUT2D eigenvalue weighted by molar-refractivity contribution is 7.90. The summed E-state index contributed by atoms with van der Waals surface area (Å²) in [5, 5.41) is 0.121. The van der Waals surface area contributed by atoms with E-state index in [2.05, 4.69) is 0 Å². The Morgan fingerprint density at radius 2 is 2.00 bits per heavy atom. The van der Waals surface area contributed by atoms with E-state index in [9.17, 15) is 13.2 Å². The predicted molar refractivity (Wildman–Crippen MR) is 111 cm³/mol. The van der Waals surface area contributed by atoms with Crippen LogP contribution >= 0.6 is 11.6 Å². The van der Waals surface area contributed by atoms with E-state index in [0.29, 0.717) is 36.5 Å². The fourth-order valence-electron chi connectivity index (χ4n) is 5.23. The Labute approximate surface area is 175 Å². The Bertz CT molecular complexity index is 1080. The summed E-state index contributed by atoms with van der Waals surface area (Å²) in [4.78, 5) is 11.5. The van der Waals surface area contributed by atoms with Crippen molar-refractivity contribution in [1.29, 1.82) is 0 Å². The molecule has 0 radical (unpaired) electrons. The molecule has 3 saturated heterocycles. The number of ether oxygens (including phenoxy) is 1. The lowest BCUT2D eigenvalue weighted by Crippen LogP contribution is -2.39. The van der Waals surface area contributed by atoms with Gasteiger partial charge in [0.15, 0.2) is 5.78 Å². The molecular formula is C22H22ClNO4S. The molecule has 2 bridgehead atoms. The minimum Gasteiger partial charge on any atom is -0.368 e. The molecule has 7 heteroatoms. The molecular weight excluding hydrogens is 410 g/mol. The predicted octanol–water partition coefficient (Wildman–Crippen LogP) is 3.77. The highest BCUT2D eigenvalue weighted by Gasteiger charge is 2.68. The summed E-state index contributed by atoms with van der Waals surface area (Å²) in [5.74, 6) is 0.200. The van der Waals surface area contributed by atoms with E-state index >= 15 is 0 Å². The number of hydrogen-bond donors (Lipinski definition) is 0. The Kier molecular flexibility index (Phi) is 4.41. The number of fused-ring (bicyclic) bond motifs is 1. The van der Waals surface area contributed by atoms with Crippen LogP contribution in [0.5, 0.6) is 0 Å². The summed E-state index contributed by atoms with van der Waals surface area (Å²) >= 11 is 6.06. The van der Waals surface area contributed by atoms with E-state index in [1.54, 1.807) is 23.4 Å². The van der Waals surface area contributed by atoms with Crippen molar-refractivity contribution in [3.05, 3.63) is 70.2 Å². The van der Waals surface area contributed by atoms with Gasteiger partial charge >= 0.3 is 0 Å². The van der Waals surface area contributed by atoms with Gasteiger partial charge in [0.1, 0.15) is 10.9 Å². The van der Waals surface area contributed by atoms with E-state index in [-0.39, 0.29) is 17.8 Å². The van der Waals surface area contributed by atoms with Crippen LogP contribution in [-0.2, 0) is 21.3 Å². The maximum atomic E-state index is 13.2. The number of ketones is 1. The van der Waals surface area contributed by atoms with Gasteiger partial charge in [-0.15, -0.1) is 0 Å². The molecule has 3 aliphatic heterocycles. The van der Waals surface area contributed by atoms with E-state index in [1.807, 2.05) is 36.4 Å². The van der Waals surface area contributed by atoms with Crippen molar-refractivity contribution >= 4 is 27.4 Å². The van der Waals surface area contributed by atoms with Gasteiger partial charge in [-0.1, -0.05) is 48.0 Å². The quantitative estimate of drug-likeness (QED) is 0.691. The van der Waals surface area contributed by atoms with E-state index in [0.717, 1.165) is 11.1 Å². The molecule has 2 aromatic rings. The van der Waals surface area contributed by atoms with Crippen molar-refractivity contribution in [3.8, 4) is 0 Å². The van der Waals surface area contributed by atoms with E-state index < -0.39 is 20.9 Å². The number of hydrogen-bond acceptors (Lipinski definition) is 4. The Balaban J connectivity index is 1.39. The number of sulfonamides is 1. The van der Waals surface area contributed by atoms with Crippen molar-refractivity contribution in [3.63, 3.8) is 0 Å². The first-order valence-corrected chi connectivity index (χ1v) is 11.7. The lowest BCUT2D eigenvalue weighted by molar-refractivity contribution is 0.0108. The van der Waals surface area contributed by atoms with Gasteiger partial charge in [-0.05, 0) is 43.0 Å². The third kappa shape index (κ3) is 3.05. The van der Waals surface area contributed by atoms with Gasteiger partial charge in [0.2, 0.25) is 10.0 Å². The number of rotatable bonds is 4. The Morgan fingerprint density at radius 1 is 1.24 bits per heavy atom. The highest BCUT2D eigenvalue weighted by Crippen LogP contribution is 2.57. The lowest BCUT2D eigenvalue weighted by Gasteiger charge is -2.26. The van der Waals surface area contributed by atoms with Gasteiger partial charge < -0.3 is 4.74 Å². The van der Waals surface area contributed by atoms with Crippen molar-refractivity contribution in [1.82, 2.24) is 4.31 Å². The normalized spacial score (nSPS) is 32.4. The molecule has 0 saturated carbocycles. The van der Waals surface area contributed by atoms with Crippen LogP contribution in [-0.4, -0.2) is 42.0 Å². The van der Waals surface area contributed by atoms with Crippen LogP contribution in [0.4, 0.5) is 0 Å². The average molecular weight is 432 g/mol. The highest BCUT2D eigenvalue weighted by atomic mass is 35.5. The molecule has 2 aromatic carbocycles. The first-order valence-electron chi connectivity index (χ1n) is 9.81. The molecule has 3 heterocycles. The number of Topliss-reactive ketones (excluding diaryl/α,β-unsaturated/α-hetero) is 1. The van der Waals surface area contributed by atoms with Crippen molar-refractivity contribution in [2.24, 2.45) is 0 Å². The van der Waals surface area contributed by atoms with Crippen molar-refractivity contribution in [2.75, 3.05) is 6.54 Å². The molecule has 0 unspecified atom stereocenters. The van der Waals surface area contributed by atoms with Crippen LogP contribution in [0.15, 0.2) is 48.5 Å². The molecule has 0 amide bonds. The van der Waals surface area contributed by atoms with E-state index in [1.165, 1.54) is 0 Å². The van der Waals surface area contributed by atoms with Crippen LogP contribution in [0.2, 0.25) is 5.02 Å². The number of nitrogens with zero attached hydrogens (tertiary/aromatic N) is 1. The molecule has 0 aliphatic carbocycles. The molecule has 3 fully saturated rings. The minimum absolute atomic E-state index is 0.0398. The second-order valence-electron chi connectivity index (χ2n) is 8.38. The Morgan fingerprint density at radius 3 is 2.69 bits per heavy atom. The van der Waals surface area contributed by atoms with E-state index in [4.69, 9.17) is 16.3 Å². The minimum atomic E-state index is -3.42. The van der Waals surface area contributed by atoms with Crippen LogP contribution in [0, 0.1) is 0 Å². The van der Waals surface area contributed by atoms with Gasteiger partial charge in [0, 0.05) is 29.6 Å². The smallest absolute Gasteiger partial charge is 0.220 e. The summed E-state index contributed by atoms with van der Waals surface area (Å²) in [5.41, 5.74) is 2.03. The van der Waals surface area contributed by atoms with Crippen LogP contribution < -0.4 is 0 Å². The maximum absolute atomic E-state index is 13.2. The van der Waals surface area contributed by atoms with Crippen LogP contribution in [0.3, 0.4) is 0 Å². The summed E-state index contributed by atoms with van der Waals surface area (Å²) in [6.45, 7) is 2.25. The number of carbonyl (C=O) groups excluding carboxylic acids is 1. The van der Waals surface area contributed by atoms with Gasteiger partial charge in [0.05, 0.1) is 6.10 Å². The first-order chi connectivity index (χ1) is 13.8. The third-order valence-corrected chi connectivity index (χ3v) is 9.14. The van der Waals surface area contributed by atoms with Crippen molar-refractivity contribution in [2.45, 2.75) is 49.2 Å². The second-order valence-corrected chi connectivity index (χ2v) is 10.9. The van der Waals surface area contributed by atoms with Gasteiger partial charge in [-0.3, -0.25) is 4.79 Å². The average Bonchev–Trinajstić information content (AvgIpc) is 3.29. The van der Waals surface area contributed by atoms with Gasteiger partial charge in [-0.25, -0.2) is 8.42 Å². The SMILES string of the molecule is CC(=O)c1ccc([C@@H]2C[C@]34CN(Cc5cccc(Cl)c5)S(=O)(=O)[C@H]3C[C@H]2O4)cc1.